The zero-order valence-electron chi connectivity index (χ0n) is 23.8. The number of nitriles is 1. The van der Waals surface area contributed by atoms with Crippen LogP contribution < -0.4 is 4.74 Å². The van der Waals surface area contributed by atoms with Crippen LogP contribution in [0.4, 0.5) is 26.3 Å². The summed E-state index contributed by atoms with van der Waals surface area (Å²) in [5, 5.41) is 8.78. The van der Waals surface area contributed by atoms with Crippen LogP contribution >= 0.6 is 0 Å². The Bertz CT molecular complexity index is 1890. The van der Waals surface area contributed by atoms with E-state index in [0.717, 1.165) is 41.8 Å². The van der Waals surface area contributed by atoms with E-state index in [2.05, 4.69) is 15.8 Å². The summed E-state index contributed by atoms with van der Waals surface area (Å²) in [5.41, 5.74) is 1.26. The van der Waals surface area contributed by atoms with Crippen molar-refractivity contribution in [3.8, 4) is 45.3 Å². The molecule has 4 aromatic carbocycles. The van der Waals surface area contributed by atoms with Crippen molar-refractivity contribution in [1.29, 1.82) is 5.26 Å². The number of aryl methyl sites for hydroxylation is 1. The Hall–Kier alpha value is -5.36. The van der Waals surface area contributed by atoms with Crippen molar-refractivity contribution in [2.45, 2.75) is 25.9 Å². The molecule has 226 valence electrons. The highest BCUT2D eigenvalue weighted by Crippen LogP contribution is 2.38. The molecule has 0 aliphatic rings. The summed E-state index contributed by atoms with van der Waals surface area (Å²) < 4.78 is 92.7. The molecule has 5 rings (SSSR count). The molecule has 0 radical (unpaired) electrons. The summed E-state index contributed by atoms with van der Waals surface area (Å²) in [6.07, 6.45) is 3.22. The molecule has 0 amide bonds. The van der Waals surface area contributed by atoms with Gasteiger partial charge < -0.3 is 4.74 Å². The first-order valence-electron chi connectivity index (χ1n) is 13.8. The maximum Gasteiger partial charge on any atom is 0.432 e. The van der Waals surface area contributed by atoms with Crippen LogP contribution in [0.25, 0.3) is 33.5 Å². The molecule has 3 nitrogen and oxygen atoms in total. The van der Waals surface area contributed by atoms with E-state index in [-0.39, 0.29) is 11.1 Å². The van der Waals surface area contributed by atoms with E-state index in [0.29, 0.717) is 29.3 Å². The summed E-state index contributed by atoms with van der Waals surface area (Å²) in [4.78, 5) is 4.53. The molecule has 45 heavy (non-hydrogen) atoms. The van der Waals surface area contributed by atoms with Crippen LogP contribution in [0.1, 0.15) is 30.0 Å². The lowest BCUT2D eigenvalue weighted by molar-refractivity contribution is -0.189. The minimum absolute atomic E-state index is 0.211. The molecule has 0 fully saturated rings. The number of nitrogens with zero attached hydrogens (tertiary/aromatic N) is 2. The van der Waals surface area contributed by atoms with Crippen molar-refractivity contribution >= 4 is 0 Å². The van der Waals surface area contributed by atoms with Crippen molar-refractivity contribution in [3.63, 3.8) is 0 Å². The summed E-state index contributed by atoms with van der Waals surface area (Å²) in [5.74, 6) is -6.10. The number of aromatic nitrogens is 1. The highest BCUT2D eigenvalue weighted by atomic mass is 19.3. The third-order valence-corrected chi connectivity index (χ3v) is 7.09. The van der Waals surface area contributed by atoms with Crippen molar-refractivity contribution in [2.24, 2.45) is 0 Å². The number of ether oxygens (including phenoxy) is 1. The predicted molar refractivity (Wildman–Crippen MR) is 159 cm³/mol. The van der Waals surface area contributed by atoms with Crippen LogP contribution in [0.2, 0.25) is 0 Å². The average Bonchev–Trinajstić information content (AvgIpc) is 3.01. The Morgan fingerprint density at radius 2 is 1.42 bits per heavy atom. The van der Waals surface area contributed by atoms with Gasteiger partial charge in [-0.3, -0.25) is 4.98 Å². The number of halogens is 6. The van der Waals surface area contributed by atoms with Crippen LogP contribution in [0.3, 0.4) is 0 Å². The van der Waals surface area contributed by atoms with Gasteiger partial charge in [-0.15, -0.1) is 0 Å². The Labute approximate surface area is 255 Å². The topological polar surface area (TPSA) is 45.9 Å². The molecular formula is C36H24F6N2O. The second-order valence-electron chi connectivity index (χ2n) is 10.1. The van der Waals surface area contributed by atoms with E-state index in [9.17, 15) is 22.0 Å². The lowest BCUT2D eigenvalue weighted by Crippen LogP contribution is -2.25. The number of hydrogen-bond acceptors (Lipinski definition) is 3. The normalized spacial score (nSPS) is 11.5. The molecular weight excluding hydrogens is 590 g/mol. The minimum Gasteiger partial charge on any atom is -0.429 e. The second kappa shape index (κ2) is 13.1. The second-order valence-corrected chi connectivity index (χ2v) is 10.1. The van der Waals surface area contributed by atoms with Gasteiger partial charge >= 0.3 is 6.11 Å². The molecule has 0 saturated heterocycles. The van der Waals surface area contributed by atoms with E-state index in [1.165, 1.54) is 18.2 Å². The number of rotatable bonds is 9. The molecule has 0 unspecified atom stereocenters. The molecule has 0 spiro atoms. The lowest BCUT2D eigenvalue weighted by Gasteiger charge is -2.20. The molecule has 0 aliphatic heterocycles. The van der Waals surface area contributed by atoms with Gasteiger partial charge in [0.25, 0.3) is 0 Å². The molecule has 0 aliphatic carbocycles. The van der Waals surface area contributed by atoms with Crippen molar-refractivity contribution in [3.05, 3.63) is 143 Å². The lowest BCUT2D eigenvalue weighted by atomic mass is 9.97. The maximum absolute atomic E-state index is 15.2. The minimum atomic E-state index is -4.55. The molecule has 1 heterocycles. The number of benzene rings is 4. The Balaban J connectivity index is 1.34. The third-order valence-electron chi connectivity index (χ3n) is 7.09. The molecule has 1 aromatic heterocycles. The van der Waals surface area contributed by atoms with Gasteiger partial charge in [-0.2, -0.15) is 14.0 Å². The smallest absolute Gasteiger partial charge is 0.429 e. The predicted octanol–water partition coefficient (Wildman–Crippen LogP) is 10.1. The van der Waals surface area contributed by atoms with Crippen molar-refractivity contribution in [1.82, 2.24) is 4.98 Å². The van der Waals surface area contributed by atoms with Crippen LogP contribution in [0.15, 0.2) is 103 Å². The molecule has 0 N–H and O–H groups in total. The maximum atomic E-state index is 15.2. The fourth-order valence-corrected chi connectivity index (χ4v) is 4.78. The molecule has 5 aromatic rings. The van der Waals surface area contributed by atoms with Gasteiger partial charge in [0.1, 0.15) is 40.7 Å². The van der Waals surface area contributed by atoms with Gasteiger partial charge in [0.15, 0.2) is 0 Å². The van der Waals surface area contributed by atoms with E-state index < -0.39 is 46.3 Å². The number of pyridine rings is 1. The van der Waals surface area contributed by atoms with Gasteiger partial charge in [-0.05, 0) is 78.4 Å². The quantitative estimate of drug-likeness (QED) is 0.123. The van der Waals surface area contributed by atoms with Crippen LogP contribution in [0.5, 0.6) is 5.75 Å². The van der Waals surface area contributed by atoms with E-state index in [1.807, 2.05) is 43.5 Å². The van der Waals surface area contributed by atoms with Gasteiger partial charge in [-0.1, -0.05) is 54.6 Å². The third kappa shape index (κ3) is 6.91. The van der Waals surface area contributed by atoms with Crippen LogP contribution in [-0.4, -0.2) is 4.98 Å². The molecule has 9 heteroatoms. The summed E-state index contributed by atoms with van der Waals surface area (Å²) in [6, 6.07) is 20.2. The standard InChI is InChI=1S/C36H24F6N2O/c1-2-3-4-5-22-6-15-34(44-21-22)24-9-7-23(8-10-24)25-12-14-29(31(38)16-25)27-17-32(39)35(33(40)18-27)36(41,42)45-28-13-11-26(20-43)30(37)19-28/h2-3,6-19,21H,4-5H2,1H3/b3-2+. The van der Waals surface area contributed by atoms with Gasteiger partial charge in [0, 0.05) is 23.4 Å². The zero-order chi connectivity index (χ0) is 32.1. The van der Waals surface area contributed by atoms with Crippen LogP contribution in [-0.2, 0) is 12.5 Å². The first kappa shape index (κ1) is 31.1. The number of alkyl halides is 2. The highest BCUT2D eigenvalue weighted by Gasteiger charge is 2.41. The monoisotopic (exact) mass is 614 g/mol. The zero-order valence-corrected chi connectivity index (χ0v) is 23.8. The van der Waals surface area contributed by atoms with E-state index in [4.69, 9.17) is 5.26 Å². The van der Waals surface area contributed by atoms with E-state index >= 15 is 4.39 Å². The Morgan fingerprint density at radius 1 is 0.756 bits per heavy atom. The summed E-state index contributed by atoms with van der Waals surface area (Å²) in [7, 11) is 0. The number of hydrogen-bond donors (Lipinski definition) is 0. The molecule has 0 bridgehead atoms. The van der Waals surface area contributed by atoms with Gasteiger partial charge in [-0.25, -0.2) is 17.6 Å². The van der Waals surface area contributed by atoms with Crippen molar-refractivity contribution < 1.29 is 31.1 Å². The van der Waals surface area contributed by atoms with Gasteiger partial charge in [0.05, 0.1) is 11.3 Å². The largest absolute Gasteiger partial charge is 0.432 e. The molecule has 0 saturated carbocycles. The summed E-state index contributed by atoms with van der Waals surface area (Å²) >= 11 is 0. The average molecular weight is 615 g/mol. The number of allylic oxidation sites excluding steroid dienone is 2. The SMILES string of the molecule is C/C=C/CCc1ccc(-c2ccc(-c3ccc(-c4cc(F)c(C(F)(F)Oc5ccc(C#N)c(F)c5)c(F)c4)c(F)c3)cc2)nc1. The highest BCUT2D eigenvalue weighted by molar-refractivity contribution is 5.73. The Morgan fingerprint density at radius 3 is 2.02 bits per heavy atom. The fraction of sp³-hybridized carbons (Fsp3) is 0.111. The Kier molecular flexibility index (Phi) is 9.05. The first-order chi connectivity index (χ1) is 21.6. The molecule has 0 atom stereocenters. The van der Waals surface area contributed by atoms with Crippen LogP contribution in [0, 0.1) is 34.6 Å². The first-order valence-corrected chi connectivity index (χ1v) is 13.8. The van der Waals surface area contributed by atoms with Crippen molar-refractivity contribution in [2.75, 3.05) is 0 Å². The summed E-state index contributed by atoms with van der Waals surface area (Å²) in [6.45, 7) is 1.98. The van der Waals surface area contributed by atoms with Gasteiger partial charge in [0.2, 0.25) is 0 Å². The van der Waals surface area contributed by atoms with E-state index in [1.54, 1.807) is 18.2 Å². The fourth-order valence-electron chi connectivity index (χ4n) is 4.78.